The highest BCUT2D eigenvalue weighted by atomic mass is 19.3. The standard InChI is InChI=1S/C12H12F2N4O3/c1-7-10(18(19)20)11(15)17(16-7)6-8-4-2-3-5-9(8)21-12(13)14/h2-5,12H,6,15H2,1H3. The Morgan fingerprint density at radius 2 is 2.14 bits per heavy atom. The van der Waals surface area contributed by atoms with Crippen molar-refractivity contribution < 1.29 is 18.4 Å². The number of para-hydroxylation sites is 1. The first-order valence-electron chi connectivity index (χ1n) is 5.90. The van der Waals surface area contributed by atoms with Crippen molar-refractivity contribution in [2.75, 3.05) is 5.73 Å². The van der Waals surface area contributed by atoms with E-state index in [1.807, 2.05) is 0 Å². The maximum atomic E-state index is 12.3. The van der Waals surface area contributed by atoms with Gasteiger partial charge in [0.05, 0.1) is 11.5 Å². The summed E-state index contributed by atoms with van der Waals surface area (Å²) in [6.45, 7) is -1.52. The van der Waals surface area contributed by atoms with E-state index in [2.05, 4.69) is 9.84 Å². The summed E-state index contributed by atoms with van der Waals surface area (Å²) in [5.41, 5.74) is 5.93. The van der Waals surface area contributed by atoms with E-state index in [-0.39, 0.29) is 29.5 Å². The number of nitrogens with zero attached hydrogens (tertiary/aromatic N) is 3. The predicted molar refractivity (Wildman–Crippen MR) is 70.2 cm³/mol. The third-order valence-corrected chi connectivity index (χ3v) is 2.83. The number of rotatable bonds is 5. The van der Waals surface area contributed by atoms with Gasteiger partial charge in [-0.1, -0.05) is 18.2 Å². The quantitative estimate of drug-likeness (QED) is 0.675. The molecule has 1 heterocycles. The summed E-state index contributed by atoms with van der Waals surface area (Å²) in [7, 11) is 0. The van der Waals surface area contributed by atoms with Crippen LogP contribution >= 0.6 is 0 Å². The number of halogens is 2. The van der Waals surface area contributed by atoms with Crippen LogP contribution in [0, 0.1) is 17.0 Å². The Labute approximate surface area is 118 Å². The molecule has 0 aliphatic rings. The number of nitro groups is 1. The fraction of sp³-hybridized carbons (Fsp3) is 0.250. The highest BCUT2D eigenvalue weighted by molar-refractivity contribution is 5.56. The SMILES string of the molecule is Cc1nn(Cc2ccccc2OC(F)F)c(N)c1[N+](=O)[O-]. The van der Waals surface area contributed by atoms with Crippen LogP contribution in [0.3, 0.4) is 0 Å². The van der Waals surface area contributed by atoms with E-state index in [0.29, 0.717) is 5.56 Å². The summed E-state index contributed by atoms with van der Waals surface area (Å²) in [5, 5.41) is 14.8. The fourth-order valence-corrected chi connectivity index (χ4v) is 1.94. The van der Waals surface area contributed by atoms with Crippen LogP contribution in [0.5, 0.6) is 5.75 Å². The first kappa shape index (κ1) is 14.7. The Morgan fingerprint density at radius 3 is 2.71 bits per heavy atom. The third kappa shape index (κ3) is 3.07. The monoisotopic (exact) mass is 298 g/mol. The Kier molecular flexibility index (Phi) is 4.01. The Morgan fingerprint density at radius 1 is 1.48 bits per heavy atom. The lowest BCUT2D eigenvalue weighted by Gasteiger charge is -2.10. The van der Waals surface area contributed by atoms with Crippen LogP contribution in [0.15, 0.2) is 24.3 Å². The molecule has 0 saturated heterocycles. The average Bonchev–Trinajstić information content (AvgIpc) is 2.66. The number of hydrogen-bond donors (Lipinski definition) is 1. The summed E-state index contributed by atoms with van der Waals surface area (Å²) in [6.07, 6.45) is 0. The van der Waals surface area contributed by atoms with Crippen molar-refractivity contribution in [2.24, 2.45) is 0 Å². The molecule has 0 aliphatic heterocycles. The summed E-state index contributed by atoms with van der Waals surface area (Å²) < 4.78 is 30.2. The molecule has 0 atom stereocenters. The number of benzene rings is 1. The predicted octanol–water partition coefficient (Wildman–Crippen LogP) is 2.33. The molecule has 2 aromatic rings. The first-order chi connectivity index (χ1) is 9.90. The van der Waals surface area contributed by atoms with Crippen LogP contribution in [0.1, 0.15) is 11.3 Å². The second-order valence-electron chi connectivity index (χ2n) is 4.22. The molecule has 21 heavy (non-hydrogen) atoms. The van der Waals surface area contributed by atoms with Gasteiger partial charge in [0.1, 0.15) is 11.4 Å². The highest BCUT2D eigenvalue weighted by Crippen LogP contribution is 2.28. The topological polar surface area (TPSA) is 96.2 Å². The Balaban J connectivity index is 2.35. The highest BCUT2D eigenvalue weighted by Gasteiger charge is 2.23. The molecule has 0 fully saturated rings. The van der Waals surface area contributed by atoms with Gasteiger partial charge in [0.15, 0.2) is 0 Å². The Bertz CT molecular complexity index is 673. The molecular weight excluding hydrogens is 286 g/mol. The van der Waals surface area contributed by atoms with Crippen LogP contribution in [0.25, 0.3) is 0 Å². The van der Waals surface area contributed by atoms with E-state index < -0.39 is 11.5 Å². The van der Waals surface area contributed by atoms with Crippen LogP contribution in [-0.2, 0) is 6.54 Å². The molecule has 0 unspecified atom stereocenters. The molecule has 0 saturated carbocycles. The second kappa shape index (κ2) is 5.73. The average molecular weight is 298 g/mol. The smallest absolute Gasteiger partial charge is 0.387 e. The molecule has 7 nitrogen and oxygen atoms in total. The van der Waals surface area contributed by atoms with E-state index in [0.717, 1.165) is 0 Å². The van der Waals surface area contributed by atoms with Crippen molar-refractivity contribution in [3.63, 3.8) is 0 Å². The van der Waals surface area contributed by atoms with Crippen molar-refractivity contribution in [3.05, 3.63) is 45.6 Å². The molecule has 0 aliphatic carbocycles. The zero-order chi connectivity index (χ0) is 15.6. The van der Waals surface area contributed by atoms with E-state index in [1.165, 1.54) is 17.7 Å². The number of aryl methyl sites for hydroxylation is 1. The van der Waals surface area contributed by atoms with Crippen molar-refractivity contribution in [1.29, 1.82) is 0 Å². The van der Waals surface area contributed by atoms with E-state index in [9.17, 15) is 18.9 Å². The molecule has 9 heteroatoms. The Hall–Kier alpha value is -2.71. The van der Waals surface area contributed by atoms with Crippen LogP contribution in [0.4, 0.5) is 20.3 Å². The molecule has 2 N–H and O–H groups in total. The van der Waals surface area contributed by atoms with E-state index in [4.69, 9.17) is 5.73 Å². The van der Waals surface area contributed by atoms with Crippen molar-refractivity contribution >= 4 is 11.5 Å². The maximum absolute atomic E-state index is 12.3. The van der Waals surface area contributed by atoms with Gasteiger partial charge in [0.2, 0.25) is 5.82 Å². The summed E-state index contributed by atoms with van der Waals surface area (Å²) >= 11 is 0. The number of ether oxygens (including phenoxy) is 1. The van der Waals surface area contributed by atoms with Gasteiger partial charge in [-0.2, -0.15) is 13.9 Å². The fourth-order valence-electron chi connectivity index (χ4n) is 1.94. The van der Waals surface area contributed by atoms with Crippen LogP contribution < -0.4 is 10.5 Å². The normalized spacial score (nSPS) is 10.9. The number of anilines is 1. The minimum absolute atomic E-state index is 0.0105. The minimum atomic E-state index is -2.96. The van der Waals surface area contributed by atoms with Crippen molar-refractivity contribution in [2.45, 2.75) is 20.1 Å². The van der Waals surface area contributed by atoms with Gasteiger partial charge in [-0.05, 0) is 13.0 Å². The number of aromatic nitrogens is 2. The van der Waals surface area contributed by atoms with Gasteiger partial charge in [-0.3, -0.25) is 10.1 Å². The van der Waals surface area contributed by atoms with E-state index in [1.54, 1.807) is 18.2 Å². The van der Waals surface area contributed by atoms with Gasteiger partial charge in [-0.15, -0.1) is 0 Å². The molecule has 112 valence electrons. The third-order valence-electron chi connectivity index (χ3n) is 2.83. The number of nitrogens with two attached hydrogens (primary N) is 1. The largest absolute Gasteiger partial charge is 0.434 e. The number of hydrogen-bond acceptors (Lipinski definition) is 5. The maximum Gasteiger partial charge on any atom is 0.387 e. The lowest BCUT2D eigenvalue weighted by atomic mass is 10.2. The van der Waals surface area contributed by atoms with Gasteiger partial charge >= 0.3 is 12.3 Å². The summed E-state index contributed by atoms with van der Waals surface area (Å²) in [5.74, 6) is -0.160. The summed E-state index contributed by atoms with van der Waals surface area (Å²) in [4.78, 5) is 10.2. The zero-order valence-electron chi connectivity index (χ0n) is 11.0. The molecule has 0 amide bonds. The van der Waals surface area contributed by atoms with Gasteiger partial charge in [0.25, 0.3) is 0 Å². The lowest BCUT2D eigenvalue weighted by Crippen LogP contribution is -2.10. The lowest BCUT2D eigenvalue weighted by molar-refractivity contribution is -0.384. The molecule has 1 aromatic carbocycles. The van der Waals surface area contributed by atoms with Gasteiger partial charge in [0, 0.05) is 5.56 Å². The molecule has 0 radical (unpaired) electrons. The van der Waals surface area contributed by atoms with Crippen LogP contribution in [0.2, 0.25) is 0 Å². The van der Waals surface area contributed by atoms with Crippen LogP contribution in [-0.4, -0.2) is 21.3 Å². The second-order valence-corrected chi connectivity index (χ2v) is 4.22. The number of nitrogen functional groups attached to an aromatic ring is 1. The van der Waals surface area contributed by atoms with E-state index >= 15 is 0 Å². The molecule has 1 aromatic heterocycles. The number of alkyl halides is 2. The van der Waals surface area contributed by atoms with Gasteiger partial charge in [-0.25, -0.2) is 4.68 Å². The van der Waals surface area contributed by atoms with Gasteiger partial charge < -0.3 is 10.5 Å². The first-order valence-corrected chi connectivity index (χ1v) is 5.90. The van der Waals surface area contributed by atoms with Crippen molar-refractivity contribution in [1.82, 2.24) is 9.78 Å². The minimum Gasteiger partial charge on any atom is -0.434 e. The molecular formula is C12H12F2N4O3. The molecule has 0 bridgehead atoms. The van der Waals surface area contributed by atoms with Crippen molar-refractivity contribution in [3.8, 4) is 5.75 Å². The molecule has 0 spiro atoms. The zero-order valence-corrected chi connectivity index (χ0v) is 11.0. The summed E-state index contributed by atoms with van der Waals surface area (Å²) in [6, 6.07) is 6.11. The molecule has 2 rings (SSSR count).